The largest absolute Gasteiger partial charge is 0.478 e. The van der Waals surface area contributed by atoms with E-state index in [0.29, 0.717) is 11.3 Å². The average molecular weight is 305 g/mol. The van der Waals surface area contributed by atoms with Crippen molar-refractivity contribution < 1.29 is 29.0 Å². The Labute approximate surface area is 126 Å². The zero-order valence-electron chi connectivity index (χ0n) is 12.0. The third-order valence-corrected chi connectivity index (χ3v) is 2.48. The van der Waals surface area contributed by atoms with Crippen molar-refractivity contribution in [2.24, 2.45) is 0 Å². The molecule has 0 aliphatic heterocycles. The van der Waals surface area contributed by atoms with Gasteiger partial charge < -0.3 is 19.9 Å². The highest BCUT2D eigenvalue weighted by atomic mass is 16.5. The minimum Gasteiger partial charge on any atom is -0.478 e. The van der Waals surface area contributed by atoms with Crippen LogP contribution in [0.4, 0.5) is 5.69 Å². The number of ether oxygens (including phenoxy) is 2. The molecule has 0 spiro atoms. The third-order valence-electron chi connectivity index (χ3n) is 2.48. The minimum atomic E-state index is -1.05. The van der Waals surface area contributed by atoms with E-state index < -0.39 is 17.9 Å². The number of carboxylic acids is 1. The molecule has 0 saturated heterocycles. The summed E-state index contributed by atoms with van der Waals surface area (Å²) in [6, 6.07) is 6.54. The predicted molar refractivity (Wildman–Crippen MR) is 78.8 cm³/mol. The maximum absolute atomic E-state index is 11.6. The highest BCUT2D eigenvalue weighted by Gasteiger charge is 2.12. The van der Waals surface area contributed by atoms with Gasteiger partial charge in [-0.2, -0.15) is 0 Å². The molecular weight excluding hydrogens is 290 g/mol. The Hall–Kier alpha value is -3.09. The normalized spacial score (nSPS) is 11.1. The van der Waals surface area contributed by atoms with Crippen LogP contribution in [-0.2, 0) is 23.9 Å². The molecule has 0 aromatic heterocycles. The van der Waals surface area contributed by atoms with Gasteiger partial charge in [-0.25, -0.2) is 14.4 Å². The van der Waals surface area contributed by atoms with Gasteiger partial charge in [-0.05, 0) is 23.8 Å². The van der Waals surface area contributed by atoms with E-state index in [1.54, 1.807) is 24.3 Å². The van der Waals surface area contributed by atoms with Crippen LogP contribution >= 0.6 is 0 Å². The van der Waals surface area contributed by atoms with E-state index in [0.717, 1.165) is 12.2 Å². The minimum absolute atomic E-state index is 0.0804. The molecule has 0 unspecified atom stereocenters. The lowest BCUT2D eigenvalue weighted by Crippen LogP contribution is -2.15. The predicted octanol–water partition coefficient (Wildman–Crippen LogP) is 1.43. The fourth-order valence-electron chi connectivity index (χ4n) is 1.43. The zero-order chi connectivity index (χ0) is 16.5. The summed E-state index contributed by atoms with van der Waals surface area (Å²) < 4.78 is 9.02. The Morgan fingerprint density at radius 1 is 1.09 bits per heavy atom. The van der Waals surface area contributed by atoms with Gasteiger partial charge in [0.1, 0.15) is 5.70 Å². The van der Waals surface area contributed by atoms with Crippen LogP contribution in [0.2, 0.25) is 0 Å². The molecule has 1 aromatic rings. The first-order valence-electron chi connectivity index (χ1n) is 6.12. The molecular formula is C15H15NO6. The summed E-state index contributed by atoms with van der Waals surface area (Å²) in [5.74, 6) is -2.47. The molecule has 0 fully saturated rings. The van der Waals surface area contributed by atoms with Crippen molar-refractivity contribution in [3.8, 4) is 0 Å². The summed E-state index contributed by atoms with van der Waals surface area (Å²) in [7, 11) is 2.38. The Balaban J connectivity index is 2.90. The van der Waals surface area contributed by atoms with E-state index in [9.17, 15) is 14.4 Å². The smallest absolute Gasteiger partial charge is 0.354 e. The monoisotopic (exact) mass is 305 g/mol. The van der Waals surface area contributed by atoms with Gasteiger partial charge in [0.15, 0.2) is 0 Å². The van der Waals surface area contributed by atoms with E-state index >= 15 is 0 Å². The van der Waals surface area contributed by atoms with E-state index in [2.05, 4.69) is 14.8 Å². The first-order chi connectivity index (χ1) is 10.5. The zero-order valence-corrected chi connectivity index (χ0v) is 12.0. The molecule has 1 rings (SSSR count). The summed E-state index contributed by atoms with van der Waals surface area (Å²) in [6.07, 6.45) is 3.42. The molecule has 0 bridgehead atoms. The Kier molecular flexibility index (Phi) is 6.36. The number of rotatable bonds is 6. The van der Waals surface area contributed by atoms with Gasteiger partial charge >= 0.3 is 17.9 Å². The second-order valence-electron chi connectivity index (χ2n) is 3.99. The first kappa shape index (κ1) is 17.0. The van der Waals surface area contributed by atoms with Crippen molar-refractivity contribution >= 4 is 29.7 Å². The summed E-state index contributed by atoms with van der Waals surface area (Å²) in [5.41, 5.74) is 1.11. The van der Waals surface area contributed by atoms with Gasteiger partial charge in [-0.1, -0.05) is 12.1 Å². The third kappa shape index (κ3) is 5.49. The summed E-state index contributed by atoms with van der Waals surface area (Å²) in [6.45, 7) is 0. The molecule has 0 aliphatic rings. The number of aliphatic carboxylic acids is 1. The van der Waals surface area contributed by atoms with E-state index in [1.165, 1.54) is 20.3 Å². The van der Waals surface area contributed by atoms with Crippen molar-refractivity contribution in [2.75, 3.05) is 19.5 Å². The lowest BCUT2D eigenvalue weighted by atomic mass is 10.2. The molecule has 0 heterocycles. The summed E-state index contributed by atoms with van der Waals surface area (Å²) in [5, 5.41) is 11.3. The maximum Gasteiger partial charge on any atom is 0.354 e. The van der Waals surface area contributed by atoms with E-state index in [4.69, 9.17) is 5.11 Å². The number of carbonyl (C=O) groups is 3. The number of methoxy groups -OCH3 is 2. The van der Waals surface area contributed by atoms with Crippen molar-refractivity contribution in [1.82, 2.24) is 0 Å². The van der Waals surface area contributed by atoms with Gasteiger partial charge in [-0.3, -0.25) is 0 Å². The van der Waals surface area contributed by atoms with Crippen LogP contribution in [0.25, 0.3) is 6.08 Å². The van der Waals surface area contributed by atoms with Crippen LogP contribution in [0.15, 0.2) is 42.1 Å². The number of nitrogens with one attached hydrogen (secondary N) is 1. The summed E-state index contributed by atoms with van der Waals surface area (Å²) in [4.78, 5) is 33.2. The lowest BCUT2D eigenvalue weighted by molar-refractivity contribution is -0.138. The molecule has 116 valence electrons. The number of benzene rings is 1. The van der Waals surface area contributed by atoms with E-state index in [1.807, 2.05) is 0 Å². The van der Waals surface area contributed by atoms with Gasteiger partial charge in [0.2, 0.25) is 0 Å². The number of anilines is 1. The lowest BCUT2D eigenvalue weighted by Gasteiger charge is -2.09. The van der Waals surface area contributed by atoms with Crippen LogP contribution in [0.1, 0.15) is 5.56 Å². The SMILES string of the molecule is COC(=O)/C=C(/Nc1ccc(C=CC(=O)O)cc1)C(=O)OC. The average Bonchev–Trinajstić information content (AvgIpc) is 2.52. The maximum atomic E-state index is 11.6. The van der Waals surface area contributed by atoms with Gasteiger partial charge in [-0.15, -0.1) is 0 Å². The van der Waals surface area contributed by atoms with E-state index in [-0.39, 0.29) is 5.70 Å². The molecule has 0 amide bonds. The molecule has 7 nitrogen and oxygen atoms in total. The van der Waals surface area contributed by atoms with Gasteiger partial charge in [0.25, 0.3) is 0 Å². The number of carboxylic acid groups (broad SMARTS) is 1. The number of carbonyl (C=O) groups excluding carboxylic acids is 2. The van der Waals surface area contributed by atoms with Crippen LogP contribution in [0.5, 0.6) is 0 Å². The van der Waals surface area contributed by atoms with Crippen molar-refractivity contribution in [3.63, 3.8) is 0 Å². The van der Waals surface area contributed by atoms with Crippen LogP contribution < -0.4 is 5.32 Å². The highest BCUT2D eigenvalue weighted by Crippen LogP contribution is 2.14. The molecule has 7 heteroatoms. The highest BCUT2D eigenvalue weighted by molar-refractivity contribution is 5.98. The molecule has 0 atom stereocenters. The number of esters is 2. The Morgan fingerprint density at radius 3 is 2.23 bits per heavy atom. The second kappa shape index (κ2) is 8.25. The second-order valence-corrected chi connectivity index (χ2v) is 3.99. The fraction of sp³-hybridized carbons (Fsp3) is 0.133. The molecule has 0 radical (unpaired) electrons. The van der Waals surface area contributed by atoms with Crippen molar-refractivity contribution in [1.29, 1.82) is 0 Å². The topological polar surface area (TPSA) is 102 Å². The molecule has 0 saturated carbocycles. The van der Waals surface area contributed by atoms with Crippen LogP contribution in [0, 0.1) is 0 Å². The molecule has 0 aliphatic carbocycles. The molecule has 1 aromatic carbocycles. The first-order valence-corrected chi connectivity index (χ1v) is 6.12. The summed E-state index contributed by atoms with van der Waals surface area (Å²) >= 11 is 0. The fourth-order valence-corrected chi connectivity index (χ4v) is 1.43. The standard InChI is InChI=1S/C15H15NO6/c1-21-14(19)9-12(15(20)22-2)16-11-6-3-10(4-7-11)5-8-13(17)18/h3-9,16H,1-2H3,(H,17,18)/b8-5?,12-9+. The molecule has 2 N–H and O–H groups in total. The van der Waals surface area contributed by atoms with Gasteiger partial charge in [0, 0.05) is 11.8 Å². The Bertz CT molecular complexity index is 615. The number of hydrogen-bond acceptors (Lipinski definition) is 6. The van der Waals surface area contributed by atoms with Gasteiger partial charge in [0.05, 0.1) is 20.3 Å². The van der Waals surface area contributed by atoms with Crippen LogP contribution in [-0.4, -0.2) is 37.2 Å². The molecule has 22 heavy (non-hydrogen) atoms. The van der Waals surface area contributed by atoms with Crippen LogP contribution in [0.3, 0.4) is 0 Å². The Morgan fingerprint density at radius 2 is 1.73 bits per heavy atom. The van der Waals surface area contributed by atoms with Crippen molar-refractivity contribution in [3.05, 3.63) is 47.7 Å². The quantitative estimate of drug-likeness (QED) is 0.605. The van der Waals surface area contributed by atoms with Crippen molar-refractivity contribution in [2.45, 2.75) is 0 Å². The number of hydrogen-bond donors (Lipinski definition) is 2.